The Hall–Kier alpha value is -0.810. The topological polar surface area (TPSA) is 44.8 Å². The molecule has 0 radical (unpaired) electrons. The molecular weight excluding hydrogens is 266 g/mol. The second-order valence-electron chi connectivity index (χ2n) is 7.56. The van der Waals surface area contributed by atoms with Crippen LogP contribution in [0.2, 0.25) is 0 Å². The van der Waals surface area contributed by atoms with Crippen LogP contribution in [0.5, 0.6) is 0 Å². The number of rotatable bonds is 2. The molecule has 5 nitrogen and oxygen atoms in total. The van der Waals surface area contributed by atoms with Gasteiger partial charge < -0.3 is 19.9 Å². The number of piperidine rings is 1. The third-order valence-corrected chi connectivity index (χ3v) is 4.78. The Bertz CT molecular complexity index is 387. The summed E-state index contributed by atoms with van der Waals surface area (Å²) in [5.41, 5.74) is -0.246. The van der Waals surface area contributed by atoms with Gasteiger partial charge in [0.05, 0.1) is 18.2 Å². The number of ether oxygens (including phenoxy) is 1. The standard InChI is InChI=1S/C16H29N3O2/c1-12-10-19(11-16(2,3)21-12)15(20)17-13-6-8-18(9-7-13)14-4-5-14/h12-14H,4-11H2,1-3H3,(H,17,20). The fraction of sp³-hybridized carbons (Fsp3) is 0.938. The molecule has 2 aliphatic heterocycles. The van der Waals surface area contributed by atoms with E-state index in [-0.39, 0.29) is 17.7 Å². The highest BCUT2D eigenvalue weighted by molar-refractivity contribution is 5.74. The number of carbonyl (C=O) groups excluding carboxylic acids is 1. The molecule has 0 aromatic rings. The van der Waals surface area contributed by atoms with Crippen LogP contribution in [0.3, 0.4) is 0 Å². The average Bonchev–Trinajstić information content (AvgIpc) is 3.21. The smallest absolute Gasteiger partial charge is 0.317 e. The van der Waals surface area contributed by atoms with E-state index in [0.717, 1.165) is 32.0 Å². The van der Waals surface area contributed by atoms with Crippen molar-refractivity contribution in [3.63, 3.8) is 0 Å². The molecular formula is C16H29N3O2. The first-order valence-electron chi connectivity index (χ1n) is 8.40. The van der Waals surface area contributed by atoms with Crippen molar-refractivity contribution >= 4 is 6.03 Å². The van der Waals surface area contributed by atoms with Crippen molar-refractivity contribution in [2.24, 2.45) is 0 Å². The minimum atomic E-state index is -0.246. The Morgan fingerprint density at radius 3 is 2.43 bits per heavy atom. The van der Waals surface area contributed by atoms with E-state index in [0.29, 0.717) is 19.1 Å². The maximum Gasteiger partial charge on any atom is 0.317 e. The van der Waals surface area contributed by atoms with Gasteiger partial charge in [0.2, 0.25) is 0 Å². The highest BCUT2D eigenvalue weighted by Crippen LogP contribution is 2.29. The van der Waals surface area contributed by atoms with Gasteiger partial charge in [-0.05, 0) is 46.5 Å². The normalized spacial score (nSPS) is 31.2. The monoisotopic (exact) mass is 295 g/mol. The number of amides is 2. The Morgan fingerprint density at radius 2 is 1.86 bits per heavy atom. The molecule has 2 heterocycles. The first-order valence-corrected chi connectivity index (χ1v) is 8.40. The number of likely N-dealkylation sites (tertiary alicyclic amines) is 1. The number of carbonyl (C=O) groups is 1. The van der Waals surface area contributed by atoms with Crippen LogP contribution in [-0.4, -0.2) is 65.8 Å². The molecule has 3 rings (SSSR count). The predicted molar refractivity (Wildman–Crippen MR) is 82.3 cm³/mol. The van der Waals surface area contributed by atoms with Crippen molar-refractivity contribution in [3.05, 3.63) is 0 Å². The summed E-state index contributed by atoms with van der Waals surface area (Å²) in [4.78, 5) is 17.0. The molecule has 3 aliphatic rings. The van der Waals surface area contributed by atoms with Gasteiger partial charge in [-0.15, -0.1) is 0 Å². The van der Waals surface area contributed by atoms with Gasteiger partial charge in [-0.1, -0.05) is 0 Å². The van der Waals surface area contributed by atoms with Crippen molar-refractivity contribution in [1.82, 2.24) is 15.1 Å². The lowest BCUT2D eigenvalue weighted by molar-refractivity contribution is -0.117. The molecule has 1 atom stereocenters. The molecule has 0 aromatic heterocycles. The largest absolute Gasteiger partial charge is 0.369 e. The lowest BCUT2D eigenvalue weighted by Crippen LogP contribution is -2.58. The van der Waals surface area contributed by atoms with Crippen LogP contribution in [0.15, 0.2) is 0 Å². The van der Waals surface area contributed by atoms with E-state index in [2.05, 4.69) is 24.1 Å². The summed E-state index contributed by atoms with van der Waals surface area (Å²) >= 11 is 0. The molecule has 0 aromatic carbocycles. The van der Waals surface area contributed by atoms with E-state index in [1.54, 1.807) is 0 Å². The van der Waals surface area contributed by atoms with E-state index in [1.807, 2.05) is 11.8 Å². The molecule has 1 unspecified atom stereocenters. The number of hydrogen-bond donors (Lipinski definition) is 1. The van der Waals surface area contributed by atoms with Gasteiger partial charge in [0, 0.05) is 31.7 Å². The van der Waals surface area contributed by atoms with Crippen molar-refractivity contribution < 1.29 is 9.53 Å². The van der Waals surface area contributed by atoms with Gasteiger partial charge in [-0.2, -0.15) is 0 Å². The Kier molecular flexibility index (Phi) is 4.14. The minimum absolute atomic E-state index is 0.0862. The Labute approximate surface area is 128 Å². The summed E-state index contributed by atoms with van der Waals surface area (Å²) in [6.45, 7) is 9.78. The fourth-order valence-electron chi connectivity index (χ4n) is 3.72. The highest BCUT2D eigenvalue weighted by Gasteiger charge is 2.35. The van der Waals surface area contributed by atoms with Crippen molar-refractivity contribution in [3.8, 4) is 0 Å². The third-order valence-electron chi connectivity index (χ3n) is 4.78. The Balaban J connectivity index is 1.47. The zero-order valence-electron chi connectivity index (χ0n) is 13.6. The molecule has 21 heavy (non-hydrogen) atoms. The van der Waals surface area contributed by atoms with E-state index < -0.39 is 0 Å². The second-order valence-corrected chi connectivity index (χ2v) is 7.56. The van der Waals surface area contributed by atoms with Crippen LogP contribution in [0.1, 0.15) is 46.5 Å². The molecule has 2 saturated heterocycles. The summed E-state index contributed by atoms with van der Waals surface area (Å²) in [6, 6.07) is 1.28. The maximum absolute atomic E-state index is 12.5. The van der Waals surface area contributed by atoms with E-state index in [9.17, 15) is 4.79 Å². The van der Waals surface area contributed by atoms with Gasteiger partial charge in [0.15, 0.2) is 0 Å². The van der Waals surface area contributed by atoms with Gasteiger partial charge >= 0.3 is 6.03 Å². The number of morpholine rings is 1. The number of urea groups is 1. The van der Waals surface area contributed by atoms with E-state index >= 15 is 0 Å². The van der Waals surface area contributed by atoms with Crippen molar-refractivity contribution in [1.29, 1.82) is 0 Å². The van der Waals surface area contributed by atoms with E-state index in [4.69, 9.17) is 4.74 Å². The lowest BCUT2D eigenvalue weighted by Gasteiger charge is -2.42. The van der Waals surface area contributed by atoms with Crippen LogP contribution in [0, 0.1) is 0 Å². The molecule has 1 aliphatic carbocycles. The zero-order chi connectivity index (χ0) is 15.0. The molecule has 0 bridgehead atoms. The molecule has 3 fully saturated rings. The van der Waals surface area contributed by atoms with Gasteiger partial charge in [0.1, 0.15) is 0 Å². The average molecular weight is 295 g/mol. The number of nitrogens with one attached hydrogen (secondary N) is 1. The molecule has 2 amide bonds. The number of nitrogens with zero attached hydrogens (tertiary/aromatic N) is 2. The zero-order valence-corrected chi connectivity index (χ0v) is 13.6. The van der Waals surface area contributed by atoms with E-state index in [1.165, 1.54) is 12.8 Å². The molecule has 120 valence electrons. The van der Waals surface area contributed by atoms with Crippen LogP contribution in [-0.2, 0) is 4.74 Å². The van der Waals surface area contributed by atoms with Crippen molar-refractivity contribution in [2.45, 2.75) is 70.2 Å². The third kappa shape index (κ3) is 3.89. The summed E-state index contributed by atoms with van der Waals surface area (Å²) in [6.07, 6.45) is 5.03. The van der Waals surface area contributed by atoms with Crippen LogP contribution in [0.4, 0.5) is 4.79 Å². The summed E-state index contributed by atoms with van der Waals surface area (Å²) in [5, 5.41) is 3.23. The predicted octanol–water partition coefficient (Wildman–Crippen LogP) is 1.82. The summed E-state index contributed by atoms with van der Waals surface area (Å²) < 4.78 is 5.86. The first kappa shape index (κ1) is 15.1. The Morgan fingerprint density at radius 1 is 1.19 bits per heavy atom. The molecule has 0 spiro atoms. The SMILES string of the molecule is CC1CN(C(=O)NC2CCN(C3CC3)CC2)CC(C)(C)O1. The second kappa shape index (κ2) is 5.76. The summed E-state index contributed by atoms with van der Waals surface area (Å²) in [5.74, 6) is 0. The maximum atomic E-state index is 12.5. The molecule has 1 N–H and O–H groups in total. The lowest BCUT2D eigenvalue weighted by atomic mass is 10.0. The van der Waals surface area contributed by atoms with Crippen LogP contribution < -0.4 is 5.32 Å². The number of hydrogen-bond acceptors (Lipinski definition) is 3. The fourth-order valence-corrected chi connectivity index (χ4v) is 3.72. The quantitative estimate of drug-likeness (QED) is 0.845. The molecule has 5 heteroatoms. The highest BCUT2D eigenvalue weighted by atomic mass is 16.5. The van der Waals surface area contributed by atoms with Crippen LogP contribution in [0.25, 0.3) is 0 Å². The van der Waals surface area contributed by atoms with Gasteiger partial charge in [0.25, 0.3) is 0 Å². The first-order chi connectivity index (χ1) is 9.93. The van der Waals surface area contributed by atoms with Gasteiger partial charge in [-0.3, -0.25) is 0 Å². The van der Waals surface area contributed by atoms with Gasteiger partial charge in [-0.25, -0.2) is 4.79 Å². The van der Waals surface area contributed by atoms with Crippen molar-refractivity contribution in [2.75, 3.05) is 26.2 Å². The molecule has 1 saturated carbocycles. The van der Waals surface area contributed by atoms with Crippen LogP contribution >= 0.6 is 0 Å². The summed E-state index contributed by atoms with van der Waals surface area (Å²) in [7, 11) is 0. The minimum Gasteiger partial charge on any atom is -0.369 e.